The first kappa shape index (κ1) is 21.2. The highest BCUT2D eigenvalue weighted by atomic mass is 19.4. The maximum absolute atomic E-state index is 13.4. The molecule has 0 aliphatic carbocycles. The maximum atomic E-state index is 13.4. The fourth-order valence-corrected chi connectivity index (χ4v) is 3.34. The third-order valence-electron chi connectivity index (χ3n) is 4.97. The van der Waals surface area contributed by atoms with E-state index in [9.17, 15) is 23.1 Å². The highest BCUT2D eigenvalue weighted by Crippen LogP contribution is 2.33. The van der Waals surface area contributed by atoms with Crippen molar-refractivity contribution in [1.82, 2.24) is 15.0 Å². The molecule has 2 fully saturated rings. The van der Waals surface area contributed by atoms with Crippen LogP contribution in [0.4, 0.5) is 25.1 Å². The van der Waals surface area contributed by atoms with Crippen LogP contribution < -0.4 is 9.80 Å². The summed E-state index contributed by atoms with van der Waals surface area (Å²) >= 11 is 0. The average Bonchev–Trinajstić information content (AvgIpc) is 2.79. The van der Waals surface area contributed by atoms with Gasteiger partial charge < -0.3 is 24.4 Å². The molecular weight excluding hydrogens is 419 g/mol. The van der Waals surface area contributed by atoms with E-state index in [2.05, 4.69) is 15.0 Å². The fraction of sp³-hybridized carbons (Fsp3) is 0.474. The van der Waals surface area contributed by atoms with E-state index < -0.39 is 23.3 Å². The normalized spacial score (nSPS) is 17.6. The molecule has 4 rings (SSSR count). The Morgan fingerprint density at radius 2 is 1.39 bits per heavy atom. The van der Waals surface area contributed by atoms with Gasteiger partial charge in [0.05, 0.1) is 37.6 Å². The van der Waals surface area contributed by atoms with E-state index in [1.807, 2.05) is 9.80 Å². The van der Waals surface area contributed by atoms with Gasteiger partial charge in [-0.2, -0.15) is 28.1 Å². The molecule has 0 bridgehead atoms. The van der Waals surface area contributed by atoms with Crippen LogP contribution in [0.1, 0.15) is 15.9 Å². The van der Waals surface area contributed by atoms with Gasteiger partial charge in [0.25, 0.3) is 0 Å². The van der Waals surface area contributed by atoms with Crippen LogP contribution in [-0.2, 0) is 15.7 Å². The van der Waals surface area contributed by atoms with Crippen molar-refractivity contribution in [2.24, 2.45) is 0 Å². The molecule has 1 aromatic heterocycles. The van der Waals surface area contributed by atoms with Gasteiger partial charge in [0, 0.05) is 31.7 Å². The number of benzene rings is 1. The summed E-state index contributed by atoms with van der Waals surface area (Å²) in [6, 6.07) is 2.59. The largest absolute Gasteiger partial charge is 0.478 e. The zero-order valence-corrected chi connectivity index (χ0v) is 16.4. The van der Waals surface area contributed by atoms with Gasteiger partial charge in [-0.15, -0.1) is 0 Å². The number of hydrogen-bond donors (Lipinski definition) is 1. The van der Waals surface area contributed by atoms with Gasteiger partial charge in [0.15, 0.2) is 5.82 Å². The third kappa shape index (κ3) is 4.85. The number of aromatic nitrogens is 3. The van der Waals surface area contributed by atoms with Gasteiger partial charge in [-0.3, -0.25) is 0 Å². The number of anilines is 2. The van der Waals surface area contributed by atoms with Crippen molar-refractivity contribution in [3.05, 3.63) is 29.3 Å². The molecule has 0 unspecified atom stereocenters. The minimum Gasteiger partial charge on any atom is -0.478 e. The van der Waals surface area contributed by atoms with Crippen molar-refractivity contribution in [3.8, 4) is 11.4 Å². The summed E-state index contributed by atoms with van der Waals surface area (Å²) in [5, 5.41) is 9.30. The van der Waals surface area contributed by atoms with Crippen molar-refractivity contribution in [2.75, 3.05) is 62.4 Å². The number of morpholine rings is 2. The molecule has 0 amide bonds. The first-order valence-corrected chi connectivity index (χ1v) is 9.69. The third-order valence-corrected chi connectivity index (χ3v) is 4.97. The lowest BCUT2D eigenvalue weighted by Crippen LogP contribution is -2.40. The van der Waals surface area contributed by atoms with Crippen LogP contribution in [-0.4, -0.2) is 78.6 Å². The molecule has 2 saturated heterocycles. The summed E-state index contributed by atoms with van der Waals surface area (Å²) in [5.41, 5.74) is -1.62. The Labute approximate surface area is 175 Å². The Bertz CT molecular complexity index is 924. The summed E-state index contributed by atoms with van der Waals surface area (Å²) in [7, 11) is 0. The van der Waals surface area contributed by atoms with E-state index in [4.69, 9.17) is 9.47 Å². The van der Waals surface area contributed by atoms with Crippen LogP contribution in [0.15, 0.2) is 18.2 Å². The number of aromatic carboxylic acids is 1. The summed E-state index contributed by atoms with van der Waals surface area (Å²) in [5.74, 6) is -0.872. The minimum atomic E-state index is -4.71. The summed E-state index contributed by atoms with van der Waals surface area (Å²) < 4.78 is 50.8. The number of rotatable bonds is 4. The average molecular weight is 439 g/mol. The van der Waals surface area contributed by atoms with Crippen LogP contribution >= 0.6 is 0 Å². The van der Waals surface area contributed by atoms with Gasteiger partial charge in [-0.1, -0.05) is 0 Å². The number of hydrogen-bond acceptors (Lipinski definition) is 8. The predicted octanol–water partition coefficient (Wildman–Crippen LogP) is 1.93. The standard InChI is InChI=1S/C19H20F3N5O4/c20-19(21,22)14-10-12(9-13(11-14)16(28)29)15-23-17(26-1-5-30-6-2-26)25-18(24-15)27-3-7-31-8-4-27/h9-11H,1-8H2,(H,28,29). The molecule has 1 aromatic carbocycles. The zero-order valence-electron chi connectivity index (χ0n) is 16.4. The van der Waals surface area contributed by atoms with Crippen molar-refractivity contribution in [2.45, 2.75) is 6.18 Å². The molecule has 31 heavy (non-hydrogen) atoms. The van der Waals surface area contributed by atoms with E-state index in [0.29, 0.717) is 70.6 Å². The number of ether oxygens (including phenoxy) is 2. The summed E-state index contributed by atoms with van der Waals surface area (Å²) in [6.07, 6.45) is -4.71. The number of halogens is 3. The quantitative estimate of drug-likeness (QED) is 0.766. The maximum Gasteiger partial charge on any atom is 0.416 e. The molecule has 1 N–H and O–H groups in total. The van der Waals surface area contributed by atoms with Crippen LogP contribution in [0.25, 0.3) is 11.4 Å². The van der Waals surface area contributed by atoms with Gasteiger partial charge in [0.1, 0.15) is 0 Å². The second kappa shape index (κ2) is 8.63. The van der Waals surface area contributed by atoms with Gasteiger partial charge in [-0.05, 0) is 18.2 Å². The highest BCUT2D eigenvalue weighted by Gasteiger charge is 2.32. The Morgan fingerprint density at radius 1 is 0.871 bits per heavy atom. The number of carbonyl (C=O) groups is 1. The second-order valence-corrected chi connectivity index (χ2v) is 7.06. The summed E-state index contributed by atoms with van der Waals surface area (Å²) in [4.78, 5) is 28.4. The molecule has 0 saturated carbocycles. The Kier molecular flexibility index (Phi) is 5.92. The lowest BCUT2D eigenvalue weighted by atomic mass is 10.0. The van der Waals surface area contributed by atoms with E-state index in [0.717, 1.165) is 12.1 Å². The summed E-state index contributed by atoms with van der Waals surface area (Å²) in [6.45, 7) is 3.98. The molecule has 0 atom stereocenters. The van der Waals surface area contributed by atoms with Crippen LogP contribution in [0.2, 0.25) is 0 Å². The molecule has 0 spiro atoms. The highest BCUT2D eigenvalue weighted by molar-refractivity contribution is 5.89. The topological polar surface area (TPSA) is 101 Å². The molecule has 12 heteroatoms. The van der Waals surface area contributed by atoms with Gasteiger partial charge in [0.2, 0.25) is 11.9 Å². The molecule has 0 radical (unpaired) electrons. The SMILES string of the molecule is O=C(O)c1cc(-c2nc(N3CCOCC3)nc(N3CCOCC3)n2)cc(C(F)(F)F)c1. The number of alkyl halides is 3. The Hall–Kier alpha value is -2.99. The number of carboxylic acids is 1. The van der Waals surface area contributed by atoms with Crippen LogP contribution in [0, 0.1) is 0 Å². The van der Waals surface area contributed by atoms with E-state index in [1.54, 1.807) is 0 Å². The van der Waals surface area contributed by atoms with E-state index in [-0.39, 0.29) is 11.4 Å². The van der Waals surface area contributed by atoms with E-state index >= 15 is 0 Å². The molecule has 9 nitrogen and oxygen atoms in total. The molecule has 2 aromatic rings. The van der Waals surface area contributed by atoms with Crippen molar-refractivity contribution in [3.63, 3.8) is 0 Å². The van der Waals surface area contributed by atoms with Crippen LogP contribution in [0.5, 0.6) is 0 Å². The van der Waals surface area contributed by atoms with E-state index in [1.165, 1.54) is 0 Å². The predicted molar refractivity (Wildman–Crippen MR) is 103 cm³/mol. The number of carboxylic acid groups (broad SMARTS) is 1. The molecule has 2 aliphatic rings. The first-order valence-electron chi connectivity index (χ1n) is 9.69. The Balaban J connectivity index is 1.82. The zero-order chi connectivity index (χ0) is 22.0. The molecular formula is C19H20F3N5O4. The lowest BCUT2D eigenvalue weighted by molar-refractivity contribution is -0.137. The van der Waals surface area contributed by atoms with Crippen molar-refractivity contribution in [1.29, 1.82) is 0 Å². The van der Waals surface area contributed by atoms with Crippen molar-refractivity contribution >= 4 is 17.9 Å². The Morgan fingerprint density at radius 3 is 1.84 bits per heavy atom. The smallest absolute Gasteiger partial charge is 0.416 e. The van der Waals surface area contributed by atoms with Crippen LogP contribution in [0.3, 0.4) is 0 Å². The molecule has 2 aliphatic heterocycles. The number of nitrogens with zero attached hydrogens (tertiary/aromatic N) is 5. The van der Waals surface area contributed by atoms with Gasteiger partial charge in [-0.25, -0.2) is 4.79 Å². The van der Waals surface area contributed by atoms with Crippen molar-refractivity contribution < 1.29 is 32.5 Å². The second-order valence-electron chi connectivity index (χ2n) is 7.06. The minimum absolute atomic E-state index is 0.0217. The fourth-order valence-electron chi connectivity index (χ4n) is 3.34. The monoisotopic (exact) mass is 439 g/mol. The molecule has 3 heterocycles. The first-order chi connectivity index (χ1) is 14.8. The van der Waals surface area contributed by atoms with Gasteiger partial charge >= 0.3 is 12.1 Å². The lowest BCUT2D eigenvalue weighted by Gasteiger charge is -2.30. The molecule has 166 valence electrons.